The van der Waals surface area contributed by atoms with E-state index in [2.05, 4.69) is 80.5 Å². The molecule has 0 heterocycles. The van der Waals surface area contributed by atoms with Gasteiger partial charge in [-0.05, 0) is 104 Å². The molecule has 2 heteroatoms. The summed E-state index contributed by atoms with van der Waals surface area (Å²) in [5.41, 5.74) is 4.39. The molecule has 32 heavy (non-hydrogen) atoms. The van der Waals surface area contributed by atoms with Gasteiger partial charge in [-0.3, -0.25) is 0 Å². The molecule has 0 unspecified atom stereocenters. The molecule has 0 radical (unpaired) electrons. The van der Waals surface area contributed by atoms with E-state index >= 15 is 0 Å². The van der Waals surface area contributed by atoms with Gasteiger partial charge in [0.2, 0.25) is 0 Å². The van der Waals surface area contributed by atoms with Gasteiger partial charge in [-0.25, -0.2) is 0 Å². The minimum atomic E-state index is -0.466. The van der Waals surface area contributed by atoms with Crippen molar-refractivity contribution in [2.45, 2.75) is 132 Å². The van der Waals surface area contributed by atoms with Crippen LogP contribution in [0, 0.1) is 11.8 Å². The van der Waals surface area contributed by atoms with Crippen LogP contribution in [0.4, 0.5) is 0 Å². The maximum Gasteiger partial charge on any atom is 0.165 e. The Kier molecular flexibility index (Phi) is 18.1. The molecule has 0 atom stereocenters. The zero-order chi connectivity index (χ0) is 24.4. The third-order valence-electron chi connectivity index (χ3n) is 5.88. The lowest BCUT2D eigenvalue weighted by molar-refractivity contribution is -0.230. The molecule has 0 N–H and O–H groups in total. The van der Waals surface area contributed by atoms with E-state index in [0.29, 0.717) is 0 Å². The highest BCUT2D eigenvalue weighted by molar-refractivity contribution is 5.05. The molecule has 188 valence electrons. The first-order chi connectivity index (χ1) is 15.0. The molecule has 0 fully saturated rings. The Bertz CT molecular complexity index is 531. The molecule has 0 amide bonds. The van der Waals surface area contributed by atoms with Crippen LogP contribution in [0.1, 0.15) is 127 Å². The summed E-state index contributed by atoms with van der Waals surface area (Å²) in [5, 5.41) is 0. The summed E-state index contributed by atoms with van der Waals surface area (Å²) in [7, 11) is 0. The summed E-state index contributed by atoms with van der Waals surface area (Å²) in [6, 6.07) is 0. The van der Waals surface area contributed by atoms with E-state index in [1.54, 1.807) is 0 Å². The van der Waals surface area contributed by atoms with Crippen LogP contribution < -0.4 is 0 Å². The van der Waals surface area contributed by atoms with E-state index in [-0.39, 0.29) is 0 Å². The van der Waals surface area contributed by atoms with Gasteiger partial charge in [0.05, 0.1) is 13.2 Å². The third kappa shape index (κ3) is 19.8. The van der Waals surface area contributed by atoms with Crippen LogP contribution in [0.2, 0.25) is 0 Å². The van der Waals surface area contributed by atoms with Gasteiger partial charge in [-0.2, -0.15) is 0 Å². The van der Waals surface area contributed by atoms with Gasteiger partial charge in [0, 0.05) is 6.42 Å². The van der Waals surface area contributed by atoms with Crippen molar-refractivity contribution in [3.63, 3.8) is 0 Å². The number of hydrogen-bond donors (Lipinski definition) is 0. The Labute approximate surface area is 201 Å². The van der Waals surface area contributed by atoms with Gasteiger partial charge < -0.3 is 9.47 Å². The fourth-order valence-electron chi connectivity index (χ4n) is 3.66. The molecule has 0 aliphatic carbocycles. The standard InChI is InChI=1S/C30H56O2/c1-25(2)15-10-18-28(7)19-11-20-29(8)21-12-22-30(9,31-23-13-16-26(3)4)32-24-14-17-27(5)6/h15,19,21,26-27H,10-14,16-18,20,22-24H2,1-9H3/b28-19+,29-21+. The first-order valence-electron chi connectivity index (χ1n) is 13.3. The van der Waals surface area contributed by atoms with Crippen molar-refractivity contribution in [2.24, 2.45) is 11.8 Å². The predicted octanol–water partition coefficient (Wildman–Crippen LogP) is 9.81. The van der Waals surface area contributed by atoms with Crippen molar-refractivity contribution in [3.05, 3.63) is 34.9 Å². The van der Waals surface area contributed by atoms with Crippen LogP contribution in [0.15, 0.2) is 34.9 Å². The highest BCUT2D eigenvalue weighted by Crippen LogP contribution is 2.23. The second-order valence-corrected chi connectivity index (χ2v) is 10.9. The van der Waals surface area contributed by atoms with Crippen molar-refractivity contribution in [1.29, 1.82) is 0 Å². The normalized spacial score (nSPS) is 13.3. The van der Waals surface area contributed by atoms with Gasteiger partial charge in [-0.15, -0.1) is 0 Å². The molecular weight excluding hydrogens is 392 g/mol. The zero-order valence-corrected chi connectivity index (χ0v) is 23.2. The Hall–Kier alpha value is -0.860. The lowest BCUT2D eigenvalue weighted by Crippen LogP contribution is -2.33. The first kappa shape index (κ1) is 31.1. The van der Waals surface area contributed by atoms with E-state index in [0.717, 1.165) is 70.0 Å². The average molecular weight is 449 g/mol. The summed E-state index contributed by atoms with van der Waals surface area (Å²) >= 11 is 0. The maximum absolute atomic E-state index is 6.27. The van der Waals surface area contributed by atoms with Crippen LogP contribution in [0.3, 0.4) is 0 Å². The summed E-state index contributed by atoms with van der Waals surface area (Å²) in [6.07, 6.45) is 18.3. The van der Waals surface area contributed by atoms with Crippen molar-refractivity contribution >= 4 is 0 Å². The Morgan fingerprint density at radius 3 is 1.56 bits per heavy atom. The first-order valence-corrected chi connectivity index (χ1v) is 13.3. The number of hydrogen-bond acceptors (Lipinski definition) is 2. The Balaban J connectivity index is 4.51. The molecule has 0 rings (SSSR count). The molecule has 0 spiro atoms. The lowest BCUT2D eigenvalue weighted by atomic mass is 10.0. The second kappa shape index (κ2) is 18.6. The Morgan fingerprint density at radius 1 is 0.688 bits per heavy atom. The van der Waals surface area contributed by atoms with Crippen LogP contribution in [0.25, 0.3) is 0 Å². The van der Waals surface area contributed by atoms with E-state index < -0.39 is 5.79 Å². The molecule has 0 aromatic heterocycles. The number of rotatable bonds is 19. The monoisotopic (exact) mass is 448 g/mol. The second-order valence-electron chi connectivity index (χ2n) is 10.9. The fraction of sp³-hybridized carbons (Fsp3) is 0.800. The van der Waals surface area contributed by atoms with Crippen molar-refractivity contribution in [3.8, 4) is 0 Å². The Morgan fingerprint density at radius 2 is 1.12 bits per heavy atom. The van der Waals surface area contributed by atoms with Crippen LogP contribution in [0.5, 0.6) is 0 Å². The molecule has 0 saturated heterocycles. The minimum absolute atomic E-state index is 0.466. The SMILES string of the molecule is CC(C)=CCC/C(C)=C/CC/C(C)=C/CCC(C)(OCCCC(C)C)OCCCC(C)C. The van der Waals surface area contributed by atoms with Gasteiger partial charge in [0.1, 0.15) is 0 Å². The largest absolute Gasteiger partial charge is 0.350 e. The summed E-state index contributed by atoms with van der Waals surface area (Å²) in [4.78, 5) is 0. The van der Waals surface area contributed by atoms with Gasteiger partial charge in [-0.1, -0.05) is 62.6 Å². The van der Waals surface area contributed by atoms with Gasteiger partial charge in [0.15, 0.2) is 5.79 Å². The van der Waals surface area contributed by atoms with Crippen LogP contribution in [-0.2, 0) is 9.47 Å². The molecule has 0 bridgehead atoms. The van der Waals surface area contributed by atoms with Crippen LogP contribution in [-0.4, -0.2) is 19.0 Å². The summed E-state index contributed by atoms with van der Waals surface area (Å²) in [6.45, 7) is 21.7. The third-order valence-corrected chi connectivity index (χ3v) is 5.88. The summed E-state index contributed by atoms with van der Waals surface area (Å²) in [5.74, 6) is 0.992. The number of allylic oxidation sites excluding steroid dienone is 6. The molecule has 0 aliphatic rings. The molecule has 0 saturated carbocycles. The lowest BCUT2D eigenvalue weighted by Gasteiger charge is -2.30. The highest BCUT2D eigenvalue weighted by atomic mass is 16.7. The quantitative estimate of drug-likeness (QED) is 0.111. The molecule has 2 nitrogen and oxygen atoms in total. The zero-order valence-electron chi connectivity index (χ0n) is 23.2. The molecular formula is C30H56O2. The van der Waals surface area contributed by atoms with E-state index in [1.165, 1.54) is 36.0 Å². The van der Waals surface area contributed by atoms with E-state index in [4.69, 9.17) is 9.47 Å². The summed E-state index contributed by atoms with van der Waals surface area (Å²) < 4.78 is 12.5. The van der Waals surface area contributed by atoms with Crippen molar-refractivity contribution in [2.75, 3.05) is 13.2 Å². The van der Waals surface area contributed by atoms with Crippen molar-refractivity contribution < 1.29 is 9.47 Å². The molecule has 0 aromatic carbocycles. The molecule has 0 aromatic rings. The topological polar surface area (TPSA) is 18.5 Å². The minimum Gasteiger partial charge on any atom is -0.350 e. The van der Waals surface area contributed by atoms with E-state index in [1.807, 2.05) is 0 Å². The fourth-order valence-corrected chi connectivity index (χ4v) is 3.66. The highest BCUT2D eigenvalue weighted by Gasteiger charge is 2.25. The van der Waals surface area contributed by atoms with Gasteiger partial charge in [0.25, 0.3) is 0 Å². The average Bonchev–Trinajstić information content (AvgIpc) is 2.68. The predicted molar refractivity (Wildman–Crippen MR) is 143 cm³/mol. The van der Waals surface area contributed by atoms with Gasteiger partial charge >= 0.3 is 0 Å². The van der Waals surface area contributed by atoms with E-state index in [9.17, 15) is 0 Å². The smallest absolute Gasteiger partial charge is 0.165 e. The number of ether oxygens (including phenoxy) is 2. The molecule has 0 aliphatic heterocycles. The van der Waals surface area contributed by atoms with Crippen LogP contribution >= 0.6 is 0 Å². The van der Waals surface area contributed by atoms with Crippen molar-refractivity contribution in [1.82, 2.24) is 0 Å². The maximum atomic E-state index is 6.27.